The topological polar surface area (TPSA) is 65.7 Å². The third-order valence-electron chi connectivity index (χ3n) is 4.37. The highest BCUT2D eigenvalue weighted by atomic mass is 16.7. The maximum absolute atomic E-state index is 10.8. The van der Waals surface area contributed by atoms with Crippen molar-refractivity contribution in [1.82, 2.24) is 4.90 Å². The Morgan fingerprint density at radius 2 is 1.96 bits per heavy atom. The van der Waals surface area contributed by atoms with Crippen LogP contribution >= 0.6 is 0 Å². The molecule has 0 bridgehead atoms. The Kier molecular flexibility index (Phi) is 6.23. The maximum Gasteiger partial charge on any atom is 0.219 e. The van der Waals surface area contributed by atoms with Crippen molar-refractivity contribution < 1.29 is 14.6 Å². The summed E-state index contributed by atoms with van der Waals surface area (Å²) in [5, 5.41) is 19.7. The number of benzene rings is 1. The number of rotatable bonds is 6. The number of nitrogens with zero attached hydrogens (tertiary/aromatic N) is 2. The van der Waals surface area contributed by atoms with Crippen molar-refractivity contribution >= 4 is 0 Å². The average Bonchev–Trinajstić information content (AvgIpc) is 2.74. The van der Waals surface area contributed by atoms with Crippen molar-refractivity contribution in [2.75, 3.05) is 0 Å². The number of nitriles is 1. The van der Waals surface area contributed by atoms with Gasteiger partial charge in [0.2, 0.25) is 6.41 Å². The van der Waals surface area contributed by atoms with Gasteiger partial charge in [0.25, 0.3) is 0 Å². The Hall–Kier alpha value is -1.45. The number of aliphatic hydroxyl groups is 1. The summed E-state index contributed by atoms with van der Waals surface area (Å²) in [5.74, 6) is 0. The van der Waals surface area contributed by atoms with Gasteiger partial charge in [-0.1, -0.05) is 30.3 Å². The zero-order valence-corrected chi connectivity index (χ0v) is 15.9. The summed E-state index contributed by atoms with van der Waals surface area (Å²) in [6.07, 6.45) is 0.584. The van der Waals surface area contributed by atoms with Crippen LogP contribution in [0.5, 0.6) is 0 Å². The van der Waals surface area contributed by atoms with E-state index in [9.17, 15) is 5.11 Å². The van der Waals surface area contributed by atoms with Crippen LogP contribution in [0.1, 0.15) is 53.0 Å². The highest BCUT2D eigenvalue weighted by Gasteiger charge is 2.50. The number of hydrogen-bond acceptors (Lipinski definition) is 5. The second-order valence-corrected chi connectivity index (χ2v) is 8.02. The van der Waals surface area contributed by atoms with Gasteiger partial charge in [-0.3, -0.25) is 0 Å². The average molecular weight is 346 g/mol. The summed E-state index contributed by atoms with van der Waals surface area (Å²) in [4.78, 5) is 1.90. The molecule has 1 aromatic carbocycles. The molecule has 0 amide bonds. The minimum absolute atomic E-state index is 0.0666. The standard InChI is InChI=1S/C20H30N2O3/c1-19(2,3)25-18(23)22-16(14-15-10-7-6-8-11-15)17(12-9-13-21)24-20(22,4)5/h6-8,10-11,16-18,23H,9,12,14H2,1-5H3/t16-,17-,18?/m0/s1. The molecule has 1 N–H and O–H groups in total. The summed E-state index contributed by atoms with van der Waals surface area (Å²) >= 11 is 0. The van der Waals surface area contributed by atoms with Crippen LogP contribution in [0.2, 0.25) is 0 Å². The molecule has 1 fully saturated rings. The molecule has 1 unspecified atom stereocenters. The predicted octanol–water partition coefficient (Wildman–Crippen LogP) is 3.43. The van der Waals surface area contributed by atoms with Gasteiger partial charge in [0.05, 0.1) is 17.8 Å². The Morgan fingerprint density at radius 1 is 1.32 bits per heavy atom. The molecule has 3 atom stereocenters. The van der Waals surface area contributed by atoms with E-state index in [1.807, 2.05) is 57.7 Å². The summed E-state index contributed by atoms with van der Waals surface area (Å²) in [7, 11) is 0. The van der Waals surface area contributed by atoms with E-state index in [-0.39, 0.29) is 12.1 Å². The van der Waals surface area contributed by atoms with E-state index in [0.29, 0.717) is 12.8 Å². The lowest BCUT2D eigenvalue weighted by Crippen LogP contribution is -2.54. The number of aliphatic hydroxyl groups excluding tert-OH is 1. The lowest BCUT2D eigenvalue weighted by atomic mass is 9.97. The highest BCUT2D eigenvalue weighted by Crippen LogP contribution is 2.38. The van der Waals surface area contributed by atoms with Crippen molar-refractivity contribution in [1.29, 1.82) is 5.26 Å². The van der Waals surface area contributed by atoms with Crippen LogP contribution in [0.15, 0.2) is 30.3 Å². The second kappa shape index (κ2) is 7.84. The van der Waals surface area contributed by atoms with Crippen LogP contribution < -0.4 is 0 Å². The van der Waals surface area contributed by atoms with Gasteiger partial charge in [0, 0.05) is 12.5 Å². The van der Waals surface area contributed by atoms with E-state index in [4.69, 9.17) is 14.7 Å². The molecular formula is C20H30N2O3. The smallest absolute Gasteiger partial charge is 0.219 e. The van der Waals surface area contributed by atoms with Gasteiger partial charge >= 0.3 is 0 Å². The Bertz CT molecular complexity index is 589. The molecule has 2 rings (SSSR count). The molecule has 1 saturated heterocycles. The fourth-order valence-corrected chi connectivity index (χ4v) is 3.43. The van der Waals surface area contributed by atoms with Crippen molar-refractivity contribution in [3.8, 4) is 6.07 Å². The summed E-state index contributed by atoms with van der Waals surface area (Å²) < 4.78 is 12.0. The molecule has 0 aromatic heterocycles. The van der Waals surface area contributed by atoms with E-state index >= 15 is 0 Å². The number of hydrogen-bond donors (Lipinski definition) is 1. The third kappa shape index (κ3) is 5.26. The molecule has 1 aliphatic heterocycles. The zero-order chi connectivity index (χ0) is 18.7. The first kappa shape index (κ1) is 19.9. The largest absolute Gasteiger partial charge is 0.356 e. The SMILES string of the molecule is CC(C)(C)OC(O)N1[C@@H](Cc2ccccc2)[C@H](CCC#N)OC1(C)C. The van der Waals surface area contributed by atoms with Gasteiger partial charge < -0.3 is 14.6 Å². The third-order valence-corrected chi connectivity index (χ3v) is 4.37. The molecule has 1 aliphatic rings. The predicted molar refractivity (Wildman–Crippen MR) is 96.4 cm³/mol. The monoisotopic (exact) mass is 346 g/mol. The van der Waals surface area contributed by atoms with Crippen LogP contribution in [0.4, 0.5) is 0 Å². The van der Waals surface area contributed by atoms with Gasteiger partial charge in [-0.15, -0.1) is 0 Å². The van der Waals surface area contributed by atoms with Gasteiger partial charge in [-0.05, 0) is 53.0 Å². The van der Waals surface area contributed by atoms with Crippen LogP contribution in [0, 0.1) is 11.3 Å². The summed E-state index contributed by atoms with van der Waals surface area (Å²) in [6.45, 7) is 9.62. The first-order valence-electron chi connectivity index (χ1n) is 8.87. The Labute approximate surface area is 151 Å². The zero-order valence-electron chi connectivity index (χ0n) is 15.9. The molecule has 1 aromatic rings. The molecule has 0 aliphatic carbocycles. The highest BCUT2D eigenvalue weighted by molar-refractivity contribution is 5.17. The van der Waals surface area contributed by atoms with Crippen molar-refractivity contribution in [3.05, 3.63) is 35.9 Å². The molecule has 5 nitrogen and oxygen atoms in total. The molecule has 138 valence electrons. The molecule has 5 heteroatoms. The normalized spacial score (nSPS) is 24.8. The summed E-state index contributed by atoms with van der Waals surface area (Å²) in [6, 6.07) is 12.3. The lowest BCUT2D eigenvalue weighted by Gasteiger charge is -2.39. The number of ether oxygens (including phenoxy) is 2. The van der Waals surface area contributed by atoms with Crippen LogP contribution in [-0.2, 0) is 15.9 Å². The van der Waals surface area contributed by atoms with Gasteiger partial charge in [-0.2, -0.15) is 5.26 Å². The molecule has 0 saturated carbocycles. The molecule has 0 radical (unpaired) electrons. The van der Waals surface area contributed by atoms with Crippen molar-refractivity contribution in [2.45, 2.75) is 83.8 Å². The Morgan fingerprint density at radius 3 is 2.52 bits per heavy atom. The molecule has 0 spiro atoms. The van der Waals surface area contributed by atoms with Crippen LogP contribution in [-0.4, -0.2) is 39.9 Å². The van der Waals surface area contributed by atoms with Gasteiger partial charge in [0.15, 0.2) is 0 Å². The van der Waals surface area contributed by atoms with E-state index in [1.54, 1.807) is 0 Å². The van der Waals surface area contributed by atoms with Crippen molar-refractivity contribution in [2.24, 2.45) is 0 Å². The fourth-order valence-electron chi connectivity index (χ4n) is 3.43. The van der Waals surface area contributed by atoms with Crippen LogP contribution in [0.25, 0.3) is 0 Å². The fraction of sp³-hybridized carbons (Fsp3) is 0.650. The van der Waals surface area contributed by atoms with Gasteiger partial charge in [0.1, 0.15) is 5.72 Å². The van der Waals surface area contributed by atoms with E-state index < -0.39 is 17.7 Å². The van der Waals surface area contributed by atoms with E-state index in [0.717, 1.165) is 6.42 Å². The van der Waals surface area contributed by atoms with E-state index in [1.165, 1.54) is 5.56 Å². The quantitative estimate of drug-likeness (QED) is 0.800. The maximum atomic E-state index is 10.8. The molecular weight excluding hydrogens is 316 g/mol. The minimum Gasteiger partial charge on any atom is -0.356 e. The first-order chi connectivity index (χ1) is 11.6. The van der Waals surface area contributed by atoms with Gasteiger partial charge in [-0.25, -0.2) is 4.90 Å². The molecule has 1 heterocycles. The van der Waals surface area contributed by atoms with E-state index in [2.05, 4.69) is 18.2 Å². The van der Waals surface area contributed by atoms with Crippen LogP contribution in [0.3, 0.4) is 0 Å². The second-order valence-electron chi connectivity index (χ2n) is 8.02. The Balaban J connectivity index is 2.28. The lowest BCUT2D eigenvalue weighted by molar-refractivity contribution is -0.277. The van der Waals surface area contributed by atoms with Crippen molar-refractivity contribution in [3.63, 3.8) is 0 Å². The first-order valence-corrected chi connectivity index (χ1v) is 8.87. The summed E-state index contributed by atoms with van der Waals surface area (Å²) in [5.41, 5.74) is 0.0191. The minimum atomic E-state index is -1.07. The molecule has 25 heavy (non-hydrogen) atoms.